The van der Waals surface area contributed by atoms with Crippen LogP contribution in [0.25, 0.3) is 16.6 Å². The number of halogens is 1. The molecule has 2 N–H and O–H groups in total. The number of ether oxygens (including phenoxy) is 2. The fraction of sp³-hybridized carbons (Fsp3) is 0.353. The Bertz CT molecular complexity index is 795. The van der Waals surface area contributed by atoms with Crippen molar-refractivity contribution in [3.8, 4) is 11.5 Å². The maximum absolute atomic E-state index is 6.45. The van der Waals surface area contributed by atoms with Gasteiger partial charge in [0, 0.05) is 17.5 Å². The van der Waals surface area contributed by atoms with Crippen LogP contribution in [0, 0.1) is 0 Å². The second kappa shape index (κ2) is 7.09. The lowest BCUT2D eigenvalue weighted by molar-refractivity contribution is 0.414. The van der Waals surface area contributed by atoms with Crippen LogP contribution < -0.4 is 20.1 Å². The van der Waals surface area contributed by atoms with Crippen LogP contribution in [0.15, 0.2) is 23.6 Å². The van der Waals surface area contributed by atoms with E-state index >= 15 is 0 Å². The van der Waals surface area contributed by atoms with Crippen molar-refractivity contribution in [3.05, 3.63) is 34.3 Å². The first kappa shape index (κ1) is 17.2. The standard InChI is InChI=1S/C17H20ClN3O2S/c1-9(2)19-17-21-12(8-24-17)11-7-14(23-4)10-5-6-13(22-3)15(18)16(10)20-11/h5-9,17,19,21H,1-4H3. The van der Waals surface area contributed by atoms with Crippen LogP contribution in [-0.4, -0.2) is 30.7 Å². The zero-order valence-corrected chi connectivity index (χ0v) is 15.6. The van der Waals surface area contributed by atoms with E-state index in [0.717, 1.165) is 22.5 Å². The molecule has 3 rings (SSSR count). The highest BCUT2D eigenvalue weighted by molar-refractivity contribution is 8.03. The summed E-state index contributed by atoms with van der Waals surface area (Å²) in [5.74, 6) is 1.32. The van der Waals surface area contributed by atoms with Crippen molar-refractivity contribution in [1.29, 1.82) is 0 Å². The minimum absolute atomic E-state index is 0.129. The van der Waals surface area contributed by atoms with E-state index in [9.17, 15) is 0 Å². The van der Waals surface area contributed by atoms with Gasteiger partial charge < -0.3 is 14.8 Å². The maximum atomic E-state index is 6.45. The Kier molecular flexibility index (Phi) is 5.08. The largest absolute Gasteiger partial charge is 0.496 e. The Morgan fingerprint density at radius 1 is 1.25 bits per heavy atom. The van der Waals surface area contributed by atoms with E-state index in [2.05, 4.69) is 29.9 Å². The second-order valence-corrected chi connectivity index (χ2v) is 7.06. The summed E-state index contributed by atoms with van der Waals surface area (Å²) in [5, 5.41) is 10.3. The molecule has 0 amide bonds. The van der Waals surface area contributed by atoms with E-state index in [-0.39, 0.29) is 5.50 Å². The minimum atomic E-state index is 0.129. The highest BCUT2D eigenvalue weighted by Crippen LogP contribution is 2.37. The number of thioether (sulfide) groups is 1. The van der Waals surface area contributed by atoms with Gasteiger partial charge in [0.05, 0.1) is 31.1 Å². The van der Waals surface area contributed by atoms with Gasteiger partial charge in [-0.15, -0.1) is 0 Å². The van der Waals surface area contributed by atoms with Gasteiger partial charge in [-0.2, -0.15) is 0 Å². The molecule has 0 radical (unpaired) electrons. The molecule has 1 aromatic heterocycles. The van der Waals surface area contributed by atoms with E-state index in [1.807, 2.05) is 18.2 Å². The van der Waals surface area contributed by atoms with E-state index in [4.69, 9.17) is 26.1 Å². The summed E-state index contributed by atoms with van der Waals surface area (Å²) < 4.78 is 10.8. The summed E-state index contributed by atoms with van der Waals surface area (Å²) in [6.45, 7) is 4.23. The summed E-state index contributed by atoms with van der Waals surface area (Å²) >= 11 is 8.13. The third kappa shape index (κ3) is 3.27. The molecule has 24 heavy (non-hydrogen) atoms. The lowest BCUT2D eigenvalue weighted by atomic mass is 10.1. The molecule has 2 aromatic rings. The monoisotopic (exact) mass is 365 g/mol. The van der Waals surface area contributed by atoms with Gasteiger partial charge in [-0.25, -0.2) is 4.98 Å². The summed E-state index contributed by atoms with van der Waals surface area (Å²) in [6, 6.07) is 6.03. The van der Waals surface area contributed by atoms with Crippen LogP contribution in [0.1, 0.15) is 19.5 Å². The molecule has 0 saturated heterocycles. The Morgan fingerprint density at radius 3 is 2.67 bits per heavy atom. The molecular weight excluding hydrogens is 346 g/mol. The zero-order chi connectivity index (χ0) is 17.3. The van der Waals surface area contributed by atoms with E-state index in [0.29, 0.717) is 22.3 Å². The van der Waals surface area contributed by atoms with E-state index in [1.165, 1.54) is 0 Å². The number of aromatic nitrogens is 1. The normalized spacial score (nSPS) is 17.1. The molecule has 0 fully saturated rings. The number of nitrogens with one attached hydrogen (secondary N) is 2. The zero-order valence-electron chi connectivity index (χ0n) is 14.0. The summed E-state index contributed by atoms with van der Waals surface area (Å²) in [4.78, 5) is 4.72. The van der Waals surface area contributed by atoms with Gasteiger partial charge in [0.1, 0.15) is 22.0 Å². The first-order chi connectivity index (χ1) is 11.5. The highest BCUT2D eigenvalue weighted by Gasteiger charge is 2.21. The lowest BCUT2D eigenvalue weighted by Crippen LogP contribution is -2.39. The van der Waals surface area contributed by atoms with Crippen LogP contribution >= 0.6 is 23.4 Å². The van der Waals surface area contributed by atoms with Gasteiger partial charge in [0.15, 0.2) is 0 Å². The SMILES string of the molecule is COc1ccc2c(OC)cc(C3=CSC(NC(C)C)N3)nc2c1Cl. The van der Waals surface area contributed by atoms with Crippen LogP contribution in [0.2, 0.25) is 5.02 Å². The van der Waals surface area contributed by atoms with E-state index < -0.39 is 0 Å². The van der Waals surface area contributed by atoms with Gasteiger partial charge in [-0.1, -0.05) is 23.4 Å². The smallest absolute Gasteiger partial charge is 0.139 e. The number of benzene rings is 1. The Hall–Kier alpha value is -1.63. The van der Waals surface area contributed by atoms with Gasteiger partial charge in [0.25, 0.3) is 0 Å². The average Bonchev–Trinajstić information content (AvgIpc) is 3.02. The van der Waals surface area contributed by atoms with E-state index in [1.54, 1.807) is 26.0 Å². The van der Waals surface area contributed by atoms with Crippen molar-refractivity contribution in [3.63, 3.8) is 0 Å². The van der Waals surface area contributed by atoms with Gasteiger partial charge in [0.2, 0.25) is 0 Å². The molecule has 0 bridgehead atoms. The molecule has 1 aliphatic rings. The molecule has 1 atom stereocenters. The topological polar surface area (TPSA) is 55.4 Å². The molecule has 0 saturated carbocycles. The summed E-state index contributed by atoms with van der Waals surface area (Å²) in [7, 11) is 3.24. The number of nitrogens with zero attached hydrogens (tertiary/aromatic N) is 1. The minimum Gasteiger partial charge on any atom is -0.496 e. The number of methoxy groups -OCH3 is 2. The molecule has 1 aromatic carbocycles. The Morgan fingerprint density at radius 2 is 2.00 bits per heavy atom. The molecule has 0 spiro atoms. The Labute approximate surface area is 150 Å². The van der Waals surface area contributed by atoms with Crippen molar-refractivity contribution in [2.24, 2.45) is 0 Å². The fourth-order valence-corrected chi connectivity index (χ4v) is 3.83. The van der Waals surface area contributed by atoms with Crippen molar-refractivity contribution < 1.29 is 9.47 Å². The first-order valence-electron chi connectivity index (χ1n) is 7.63. The van der Waals surface area contributed by atoms with Crippen molar-refractivity contribution >= 4 is 40.0 Å². The van der Waals surface area contributed by atoms with Crippen LogP contribution in [-0.2, 0) is 0 Å². The Balaban J connectivity index is 2.02. The number of fused-ring (bicyclic) bond motifs is 1. The van der Waals surface area contributed by atoms with Crippen molar-refractivity contribution in [2.75, 3.05) is 14.2 Å². The molecule has 5 nitrogen and oxygen atoms in total. The molecule has 7 heteroatoms. The average molecular weight is 366 g/mol. The molecule has 1 unspecified atom stereocenters. The number of rotatable bonds is 5. The molecule has 2 heterocycles. The van der Waals surface area contributed by atoms with Crippen molar-refractivity contribution in [1.82, 2.24) is 15.6 Å². The summed E-state index contributed by atoms with van der Waals surface area (Å²) in [6.07, 6.45) is 0. The van der Waals surface area contributed by atoms with Gasteiger partial charge >= 0.3 is 0 Å². The van der Waals surface area contributed by atoms with Crippen molar-refractivity contribution in [2.45, 2.75) is 25.4 Å². The lowest BCUT2D eigenvalue weighted by Gasteiger charge is -2.18. The molecule has 1 aliphatic heterocycles. The third-order valence-electron chi connectivity index (χ3n) is 3.66. The van der Waals surface area contributed by atoms with Crippen LogP contribution in [0.4, 0.5) is 0 Å². The second-order valence-electron chi connectivity index (χ2n) is 5.70. The van der Waals surface area contributed by atoms with Crippen LogP contribution in [0.5, 0.6) is 11.5 Å². The summed E-state index contributed by atoms with van der Waals surface area (Å²) in [5.41, 5.74) is 2.52. The predicted molar refractivity (Wildman–Crippen MR) is 101 cm³/mol. The van der Waals surface area contributed by atoms with Gasteiger partial charge in [-0.05, 0) is 31.4 Å². The molecule has 0 aliphatic carbocycles. The highest BCUT2D eigenvalue weighted by atomic mass is 35.5. The fourth-order valence-electron chi connectivity index (χ4n) is 2.54. The van der Waals surface area contributed by atoms with Gasteiger partial charge in [-0.3, -0.25) is 5.32 Å². The molecular formula is C17H20ClN3O2S. The first-order valence-corrected chi connectivity index (χ1v) is 8.95. The number of hydrogen-bond donors (Lipinski definition) is 2. The van der Waals surface area contributed by atoms with Crippen LogP contribution in [0.3, 0.4) is 0 Å². The predicted octanol–water partition coefficient (Wildman–Crippen LogP) is 3.82. The number of hydrogen-bond acceptors (Lipinski definition) is 6. The quantitative estimate of drug-likeness (QED) is 0.840. The maximum Gasteiger partial charge on any atom is 0.139 e. The number of pyridine rings is 1. The third-order valence-corrected chi connectivity index (χ3v) is 4.92. The molecule has 128 valence electrons.